The van der Waals surface area contributed by atoms with Crippen molar-refractivity contribution in [3.63, 3.8) is 0 Å². The van der Waals surface area contributed by atoms with E-state index in [1.165, 1.54) is 6.20 Å². The molecule has 3 rings (SSSR count). The number of nitrogens with one attached hydrogen (secondary N) is 1. The summed E-state index contributed by atoms with van der Waals surface area (Å²) in [4.78, 5) is 20.9. The summed E-state index contributed by atoms with van der Waals surface area (Å²) in [5.74, 6) is -0.218. The molecular formula is C17H15N3O. The summed E-state index contributed by atoms with van der Waals surface area (Å²) in [5, 5.41) is 2.94. The molecule has 0 aliphatic carbocycles. The minimum absolute atomic E-state index is 0.0769. The quantitative estimate of drug-likeness (QED) is 0.800. The Bertz CT molecular complexity index is 771. The van der Waals surface area contributed by atoms with Crippen LogP contribution in [0, 0.1) is 0 Å². The summed E-state index contributed by atoms with van der Waals surface area (Å²) in [6.07, 6.45) is 1.51. The first-order chi connectivity index (χ1) is 10.2. The minimum Gasteiger partial charge on any atom is -0.344 e. The number of nitrogens with zero attached hydrogens (tertiary/aromatic N) is 2. The highest BCUT2D eigenvalue weighted by atomic mass is 16.1. The highest BCUT2D eigenvalue weighted by Crippen LogP contribution is 2.13. The second-order valence-corrected chi connectivity index (χ2v) is 4.85. The standard InChI is InChI=1S/C17H15N3O/c1-12(13-7-3-2-4-8-13)19-17(21)16-11-18-14-9-5-6-10-15(14)20-16/h2-12H,1H3,(H,19,21)/t12-/m1/s1. The summed E-state index contributed by atoms with van der Waals surface area (Å²) < 4.78 is 0. The van der Waals surface area contributed by atoms with Gasteiger partial charge in [-0.15, -0.1) is 0 Å². The Morgan fingerprint density at radius 3 is 2.43 bits per heavy atom. The Balaban J connectivity index is 1.80. The predicted octanol–water partition coefficient (Wildman–Crippen LogP) is 3.12. The zero-order chi connectivity index (χ0) is 14.7. The molecule has 0 aliphatic rings. The zero-order valence-electron chi connectivity index (χ0n) is 11.7. The van der Waals surface area contributed by atoms with E-state index in [9.17, 15) is 4.79 Å². The van der Waals surface area contributed by atoms with Crippen molar-refractivity contribution in [1.82, 2.24) is 15.3 Å². The van der Waals surface area contributed by atoms with Crippen LogP contribution in [0.3, 0.4) is 0 Å². The lowest BCUT2D eigenvalue weighted by molar-refractivity contribution is 0.0935. The maximum Gasteiger partial charge on any atom is 0.271 e. The van der Waals surface area contributed by atoms with Gasteiger partial charge in [0.2, 0.25) is 0 Å². The van der Waals surface area contributed by atoms with Crippen LogP contribution >= 0.6 is 0 Å². The first-order valence-electron chi connectivity index (χ1n) is 6.81. The molecule has 0 unspecified atom stereocenters. The second-order valence-electron chi connectivity index (χ2n) is 4.85. The summed E-state index contributed by atoms with van der Waals surface area (Å²) in [6.45, 7) is 1.95. The molecule has 104 valence electrons. The fourth-order valence-electron chi connectivity index (χ4n) is 2.16. The molecule has 1 amide bonds. The lowest BCUT2D eigenvalue weighted by atomic mass is 10.1. The fraction of sp³-hybridized carbons (Fsp3) is 0.118. The normalized spacial score (nSPS) is 12.0. The van der Waals surface area contributed by atoms with Gasteiger partial charge in [0.05, 0.1) is 23.3 Å². The van der Waals surface area contributed by atoms with Crippen molar-refractivity contribution in [2.75, 3.05) is 0 Å². The van der Waals surface area contributed by atoms with Gasteiger partial charge in [-0.2, -0.15) is 0 Å². The van der Waals surface area contributed by atoms with Gasteiger partial charge in [-0.05, 0) is 24.6 Å². The second kappa shape index (κ2) is 5.71. The van der Waals surface area contributed by atoms with Gasteiger partial charge in [0.25, 0.3) is 5.91 Å². The highest BCUT2D eigenvalue weighted by Gasteiger charge is 2.13. The van der Waals surface area contributed by atoms with Gasteiger partial charge in [-0.25, -0.2) is 4.98 Å². The third kappa shape index (κ3) is 2.89. The summed E-state index contributed by atoms with van der Waals surface area (Å²) in [5.41, 5.74) is 2.89. The minimum atomic E-state index is -0.218. The van der Waals surface area contributed by atoms with Gasteiger partial charge >= 0.3 is 0 Å². The maximum atomic E-state index is 12.3. The van der Waals surface area contributed by atoms with Gasteiger partial charge in [0.1, 0.15) is 5.69 Å². The van der Waals surface area contributed by atoms with E-state index < -0.39 is 0 Å². The number of aromatic nitrogens is 2. The molecule has 0 saturated carbocycles. The Labute approximate surface area is 122 Å². The van der Waals surface area contributed by atoms with E-state index in [0.717, 1.165) is 16.6 Å². The van der Waals surface area contributed by atoms with Crippen molar-refractivity contribution >= 4 is 16.9 Å². The molecule has 0 saturated heterocycles. The molecule has 4 heteroatoms. The number of rotatable bonds is 3. The van der Waals surface area contributed by atoms with E-state index in [1.807, 2.05) is 61.5 Å². The van der Waals surface area contributed by atoms with Crippen molar-refractivity contribution in [2.45, 2.75) is 13.0 Å². The number of benzene rings is 2. The van der Waals surface area contributed by atoms with E-state index in [0.29, 0.717) is 5.69 Å². The van der Waals surface area contributed by atoms with Crippen LogP contribution in [0.2, 0.25) is 0 Å². The largest absolute Gasteiger partial charge is 0.344 e. The molecule has 1 N–H and O–H groups in total. The van der Waals surface area contributed by atoms with E-state index in [2.05, 4.69) is 15.3 Å². The van der Waals surface area contributed by atoms with Crippen LogP contribution in [-0.4, -0.2) is 15.9 Å². The summed E-state index contributed by atoms with van der Waals surface area (Å²) >= 11 is 0. The van der Waals surface area contributed by atoms with Crippen LogP contribution in [0.1, 0.15) is 29.0 Å². The predicted molar refractivity (Wildman–Crippen MR) is 81.9 cm³/mol. The van der Waals surface area contributed by atoms with Crippen molar-refractivity contribution in [1.29, 1.82) is 0 Å². The Morgan fingerprint density at radius 2 is 1.67 bits per heavy atom. The number of carbonyl (C=O) groups excluding carboxylic acids is 1. The zero-order valence-corrected chi connectivity index (χ0v) is 11.7. The van der Waals surface area contributed by atoms with E-state index in [-0.39, 0.29) is 11.9 Å². The number of fused-ring (bicyclic) bond motifs is 1. The van der Waals surface area contributed by atoms with Crippen LogP contribution in [-0.2, 0) is 0 Å². The third-order valence-corrected chi connectivity index (χ3v) is 3.33. The molecule has 1 aromatic heterocycles. The molecule has 0 spiro atoms. The van der Waals surface area contributed by atoms with Crippen molar-refractivity contribution in [3.8, 4) is 0 Å². The van der Waals surface area contributed by atoms with Gasteiger partial charge in [0.15, 0.2) is 0 Å². The fourth-order valence-corrected chi connectivity index (χ4v) is 2.16. The molecule has 0 radical (unpaired) electrons. The van der Waals surface area contributed by atoms with Crippen molar-refractivity contribution in [2.24, 2.45) is 0 Å². The maximum absolute atomic E-state index is 12.3. The molecule has 21 heavy (non-hydrogen) atoms. The average molecular weight is 277 g/mol. The van der Waals surface area contributed by atoms with Crippen LogP contribution in [0.4, 0.5) is 0 Å². The molecule has 1 atom stereocenters. The summed E-state index contributed by atoms with van der Waals surface area (Å²) in [7, 11) is 0. The summed E-state index contributed by atoms with van der Waals surface area (Å²) in [6, 6.07) is 17.2. The number of hydrogen-bond acceptors (Lipinski definition) is 3. The number of hydrogen-bond donors (Lipinski definition) is 1. The highest BCUT2D eigenvalue weighted by molar-refractivity contribution is 5.93. The topological polar surface area (TPSA) is 54.9 Å². The van der Waals surface area contributed by atoms with Crippen LogP contribution in [0.15, 0.2) is 60.8 Å². The Kier molecular flexibility index (Phi) is 3.60. The molecule has 0 fully saturated rings. The van der Waals surface area contributed by atoms with E-state index in [1.54, 1.807) is 0 Å². The number of carbonyl (C=O) groups is 1. The van der Waals surface area contributed by atoms with Crippen LogP contribution in [0.25, 0.3) is 11.0 Å². The van der Waals surface area contributed by atoms with Gasteiger partial charge < -0.3 is 5.32 Å². The third-order valence-electron chi connectivity index (χ3n) is 3.33. The lowest BCUT2D eigenvalue weighted by Gasteiger charge is -2.13. The first-order valence-corrected chi connectivity index (χ1v) is 6.81. The SMILES string of the molecule is C[C@@H](NC(=O)c1cnc2ccccc2n1)c1ccccc1. The molecule has 0 aliphatic heterocycles. The molecular weight excluding hydrogens is 262 g/mol. The van der Waals surface area contributed by atoms with Gasteiger partial charge in [0, 0.05) is 0 Å². The monoisotopic (exact) mass is 277 g/mol. The van der Waals surface area contributed by atoms with Crippen LogP contribution < -0.4 is 5.32 Å². The van der Waals surface area contributed by atoms with Crippen molar-refractivity contribution in [3.05, 3.63) is 72.1 Å². The smallest absolute Gasteiger partial charge is 0.271 e. The van der Waals surface area contributed by atoms with Crippen LogP contribution in [0.5, 0.6) is 0 Å². The molecule has 0 bridgehead atoms. The Morgan fingerprint density at radius 1 is 1.00 bits per heavy atom. The number of amides is 1. The molecule has 1 heterocycles. The Hall–Kier alpha value is -2.75. The molecule has 4 nitrogen and oxygen atoms in total. The first kappa shape index (κ1) is 13.2. The molecule has 3 aromatic rings. The molecule has 2 aromatic carbocycles. The van der Waals surface area contributed by atoms with E-state index >= 15 is 0 Å². The van der Waals surface area contributed by atoms with Gasteiger partial charge in [-0.3, -0.25) is 9.78 Å². The number of para-hydroxylation sites is 2. The average Bonchev–Trinajstić information content (AvgIpc) is 2.55. The lowest BCUT2D eigenvalue weighted by Crippen LogP contribution is -2.27. The van der Waals surface area contributed by atoms with Crippen molar-refractivity contribution < 1.29 is 4.79 Å². The van der Waals surface area contributed by atoms with Gasteiger partial charge in [-0.1, -0.05) is 42.5 Å². The van der Waals surface area contributed by atoms with E-state index in [4.69, 9.17) is 0 Å².